The molecule has 0 aliphatic rings. The second kappa shape index (κ2) is 6.92. The van der Waals surface area contributed by atoms with E-state index in [-0.39, 0.29) is 0 Å². The van der Waals surface area contributed by atoms with Crippen LogP contribution in [-0.4, -0.2) is 31.6 Å². The summed E-state index contributed by atoms with van der Waals surface area (Å²) in [7, 11) is 1.71. The van der Waals surface area contributed by atoms with Gasteiger partial charge in [-0.1, -0.05) is 29.8 Å². The first kappa shape index (κ1) is 13.5. The molecule has 90 valence electrons. The highest BCUT2D eigenvalue weighted by molar-refractivity contribution is 9.10. The van der Waals surface area contributed by atoms with E-state index in [4.69, 9.17) is 4.74 Å². The van der Waals surface area contributed by atoms with Gasteiger partial charge < -0.3 is 9.64 Å². The first-order valence-corrected chi connectivity index (χ1v) is 6.55. The van der Waals surface area contributed by atoms with E-state index in [0.29, 0.717) is 0 Å². The van der Waals surface area contributed by atoms with Gasteiger partial charge in [0.1, 0.15) is 5.75 Å². The summed E-state index contributed by atoms with van der Waals surface area (Å²) in [6.45, 7) is 7.71. The molecule has 0 aliphatic heterocycles. The normalized spacial score (nSPS) is 10.8. The third-order valence-electron chi connectivity index (χ3n) is 2.84. The van der Waals surface area contributed by atoms with Gasteiger partial charge in [-0.3, -0.25) is 0 Å². The Morgan fingerprint density at radius 2 is 1.94 bits per heavy atom. The molecule has 1 aromatic rings. The summed E-state index contributed by atoms with van der Waals surface area (Å²) >= 11 is 3.58. The molecule has 0 saturated heterocycles. The van der Waals surface area contributed by atoms with Crippen molar-refractivity contribution < 1.29 is 4.74 Å². The summed E-state index contributed by atoms with van der Waals surface area (Å²) in [6, 6.07) is 6.13. The number of rotatable bonds is 6. The predicted molar refractivity (Wildman–Crippen MR) is 72.2 cm³/mol. The van der Waals surface area contributed by atoms with Gasteiger partial charge in [0.25, 0.3) is 0 Å². The Labute approximate surface area is 107 Å². The van der Waals surface area contributed by atoms with E-state index >= 15 is 0 Å². The molecule has 0 atom stereocenters. The van der Waals surface area contributed by atoms with Gasteiger partial charge in [-0.15, -0.1) is 0 Å². The van der Waals surface area contributed by atoms with Crippen molar-refractivity contribution in [1.29, 1.82) is 0 Å². The Hall–Kier alpha value is -0.540. The summed E-state index contributed by atoms with van der Waals surface area (Å²) < 4.78 is 6.40. The zero-order valence-corrected chi connectivity index (χ0v) is 11.9. The number of methoxy groups -OCH3 is 1. The second-order valence-electron chi connectivity index (χ2n) is 3.73. The zero-order chi connectivity index (χ0) is 12.0. The van der Waals surface area contributed by atoms with Crippen molar-refractivity contribution in [3.8, 4) is 5.75 Å². The van der Waals surface area contributed by atoms with Crippen LogP contribution in [0.5, 0.6) is 5.75 Å². The molecule has 0 fully saturated rings. The van der Waals surface area contributed by atoms with Crippen molar-refractivity contribution in [3.63, 3.8) is 0 Å². The molecule has 0 spiro atoms. The molecule has 0 aliphatic carbocycles. The minimum absolute atomic E-state index is 0.928. The van der Waals surface area contributed by atoms with E-state index in [1.165, 1.54) is 10.0 Å². The van der Waals surface area contributed by atoms with Crippen LogP contribution in [0.15, 0.2) is 22.7 Å². The maximum atomic E-state index is 5.23. The highest BCUT2D eigenvalue weighted by Crippen LogP contribution is 2.23. The van der Waals surface area contributed by atoms with Crippen molar-refractivity contribution >= 4 is 15.9 Å². The van der Waals surface area contributed by atoms with Crippen LogP contribution in [-0.2, 0) is 6.42 Å². The lowest BCUT2D eigenvalue weighted by molar-refractivity contribution is 0.307. The fourth-order valence-corrected chi connectivity index (χ4v) is 2.13. The average Bonchev–Trinajstić information content (AvgIpc) is 2.32. The van der Waals surface area contributed by atoms with Gasteiger partial charge in [0, 0.05) is 11.0 Å². The molecule has 0 amide bonds. The largest absolute Gasteiger partial charge is 0.497 e. The minimum Gasteiger partial charge on any atom is -0.497 e. The topological polar surface area (TPSA) is 12.5 Å². The van der Waals surface area contributed by atoms with E-state index in [2.05, 4.69) is 46.8 Å². The van der Waals surface area contributed by atoms with Crippen molar-refractivity contribution in [3.05, 3.63) is 28.2 Å². The number of halogens is 1. The Bertz CT molecular complexity index is 324. The molecule has 1 rings (SSSR count). The van der Waals surface area contributed by atoms with Gasteiger partial charge in [0.15, 0.2) is 0 Å². The van der Waals surface area contributed by atoms with Crippen LogP contribution in [0.3, 0.4) is 0 Å². The molecule has 0 aromatic heterocycles. The number of benzene rings is 1. The van der Waals surface area contributed by atoms with Crippen LogP contribution in [0.1, 0.15) is 19.4 Å². The van der Waals surface area contributed by atoms with Crippen LogP contribution < -0.4 is 4.74 Å². The SMILES string of the molecule is CCN(CC)CCc1cc(OC)ccc1Br. The summed E-state index contributed by atoms with van der Waals surface area (Å²) in [5, 5.41) is 0. The maximum Gasteiger partial charge on any atom is 0.119 e. The van der Waals surface area contributed by atoms with Crippen molar-refractivity contribution in [2.24, 2.45) is 0 Å². The van der Waals surface area contributed by atoms with E-state index in [1.807, 2.05) is 6.07 Å². The lowest BCUT2D eigenvalue weighted by atomic mass is 10.1. The summed E-state index contributed by atoms with van der Waals surface area (Å²) in [4.78, 5) is 2.42. The average molecular weight is 286 g/mol. The third-order valence-corrected chi connectivity index (χ3v) is 3.62. The van der Waals surface area contributed by atoms with Crippen molar-refractivity contribution in [2.75, 3.05) is 26.7 Å². The minimum atomic E-state index is 0.928. The van der Waals surface area contributed by atoms with Crippen LogP contribution in [0.25, 0.3) is 0 Å². The molecule has 0 saturated carbocycles. The van der Waals surface area contributed by atoms with Crippen LogP contribution in [0.2, 0.25) is 0 Å². The van der Waals surface area contributed by atoms with E-state index in [0.717, 1.165) is 31.8 Å². The van der Waals surface area contributed by atoms with Gasteiger partial charge in [-0.2, -0.15) is 0 Å². The number of hydrogen-bond acceptors (Lipinski definition) is 2. The van der Waals surface area contributed by atoms with E-state index in [9.17, 15) is 0 Å². The van der Waals surface area contributed by atoms with Crippen LogP contribution in [0.4, 0.5) is 0 Å². The van der Waals surface area contributed by atoms with Gasteiger partial charge >= 0.3 is 0 Å². The van der Waals surface area contributed by atoms with Crippen molar-refractivity contribution in [2.45, 2.75) is 20.3 Å². The van der Waals surface area contributed by atoms with Gasteiger partial charge in [-0.25, -0.2) is 0 Å². The molecule has 16 heavy (non-hydrogen) atoms. The predicted octanol–water partition coefficient (Wildman–Crippen LogP) is 3.34. The molecule has 0 N–H and O–H groups in total. The molecule has 3 heteroatoms. The number of hydrogen-bond donors (Lipinski definition) is 0. The molecular formula is C13H20BrNO. The van der Waals surface area contributed by atoms with Gasteiger partial charge in [0.05, 0.1) is 7.11 Å². The Kier molecular flexibility index (Phi) is 5.85. The Balaban J connectivity index is 2.65. The quantitative estimate of drug-likeness (QED) is 0.795. The standard InChI is InChI=1S/C13H20BrNO/c1-4-15(5-2)9-8-11-10-12(16-3)6-7-13(11)14/h6-7,10H,4-5,8-9H2,1-3H3. The maximum absolute atomic E-state index is 5.23. The third kappa shape index (κ3) is 3.80. The molecule has 0 heterocycles. The molecule has 1 aromatic carbocycles. The number of likely N-dealkylation sites (N-methyl/N-ethyl adjacent to an activating group) is 1. The fraction of sp³-hybridized carbons (Fsp3) is 0.538. The molecule has 0 unspecified atom stereocenters. The lowest BCUT2D eigenvalue weighted by Crippen LogP contribution is -2.25. The monoisotopic (exact) mass is 285 g/mol. The van der Waals surface area contributed by atoms with E-state index < -0.39 is 0 Å². The lowest BCUT2D eigenvalue weighted by Gasteiger charge is -2.18. The number of nitrogens with zero attached hydrogens (tertiary/aromatic N) is 1. The smallest absolute Gasteiger partial charge is 0.119 e. The molecule has 0 radical (unpaired) electrons. The first-order valence-electron chi connectivity index (χ1n) is 5.76. The molecular weight excluding hydrogens is 266 g/mol. The molecule has 0 bridgehead atoms. The Morgan fingerprint density at radius 3 is 2.50 bits per heavy atom. The van der Waals surface area contributed by atoms with Gasteiger partial charge in [0.2, 0.25) is 0 Å². The van der Waals surface area contributed by atoms with Crippen molar-refractivity contribution in [1.82, 2.24) is 4.90 Å². The highest BCUT2D eigenvalue weighted by atomic mass is 79.9. The first-order chi connectivity index (χ1) is 7.71. The number of ether oxygens (including phenoxy) is 1. The highest BCUT2D eigenvalue weighted by Gasteiger charge is 2.04. The summed E-state index contributed by atoms with van der Waals surface area (Å²) in [5.74, 6) is 0.928. The van der Waals surface area contributed by atoms with E-state index in [1.54, 1.807) is 7.11 Å². The summed E-state index contributed by atoms with van der Waals surface area (Å²) in [6.07, 6.45) is 1.06. The van der Waals surface area contributed by atoms with Crippen LogP contribution in [0, 0.1) is 0 Å². The fourth-order valence-electron chi connectivity index (χ4n) is 1.69. The molecule has 2 nitrogen and oxygen atoms in total. The Morgan fingerprint density at radius 1 is 1.25 bits per heavy atom. The van der Waals surface area contributed by atoms with Gasteiger partial charge in [-0.05, 0) is 43.3 Å². The summed E-state index contributed by atoms with van der Waals surface area (Å²) in [5.41, 5.74) is 1.31. The zero-order valence-electron chi connectivity index (χ0n) is 10.3. The second-order valence-corrected chi connectivity index (χ2v) is 4.59. The van der Waals surface area contributed by atoms with Crippen LogP contribution >= 0.6 is 15.9 Å².